The molecule has 0 saturated carbocycles. The monoisotopic (exact) mass is 155 g/mol. The van der Waals surface area contributed by atoms with Gasteiger partial charge in [-0.2, -0.15) is 0 Å². The van der Waals surface area contributed by atoms with Gasteiger partial charge in [0.1, 0.15) is 0 Å². The number of hydrogen-bond acceptors (Lipinski definition) is 1. The standard InChI is InChI=1S/C9H22BN/c1-4-5-6-7-9(2)8-11-10-3/h9-11H,4-8H2,1-3H3/t9-/m1/s1. The summed E-state index contributed by atoms with van der Waals surface area (Å²) in [5.41, 5.74) is 0. The molecule has 0 spiro atoms. The second kappa shape index (κ2) is 8.12. The van der Waals surface area contributed by atoms with Gasteiger partial charge >= 0.3 is 0 Å². The van der Waals surface area contributed by atoms with Crippen LogP contribution in [0, 0.1) is 5.92 Å². The molecule has 0 radical (unpaired) electrons. The zero-order valence-electron chi connectivity index (χ0n) is 8.32. The van der Waals surface area contributed by atoms with E-state index < -0.39 is 0 Å². The Bertz CT molecular complexity index is 76.0. The Morgan fingerprint density at radius 2 is 2.09 bits per heavy atom. The maximum absolute atomic E-state index is 3.37. The van der Waals surface area contributed by atoms with Crippen LogP contribution in [0.3, 0.4) is 0 Å². The number of rotatable bonds is 7. The molecular weight excluding hydrogens is 133 g/mol. The number of hydrogen-bond donors (Lipinski definition) is 1. The van der Waals surface area contributed by atoms with Crippen LogP contribution in [0.1, 0.15) is 39.5 Å². The van der Waals surface area contributed by atoms with Crippen molar-refractivity contribution in [2.24, 2.45) is 5.92 Å². The van der Waals surface area contributed by atoms with E-state index in [-0.39, 0.29) is 0 Å². The summed E-state index contributed by atoms with van der Waals surface area (Å²) < 4.78 is 0. The van der Waals surface area contributed by atoms with Gasteiger partial charge in [0.25, 0.3) is 0 Å². The first-order valence-corrected chi connectivity index (χ1v) is 5.02. The first-order chi connectivity index (χ1) is 5.31. The molecule has 0 aromatic carbocycles. The predicted octanol–water partition coefficient (Wildman–Crippen LogP) is 2.19. The lowest BCUT2D eigenvalue weighted by Gasteiger charge is -2.10. The minimum absolute atomic E-state index is 0.862. The molecule has 0 unspecified atom stereocenters. The molecule has 1 N–H and O–H groups in total. The van der Waals surface area contributed by atoms with Gasteiger partial charge < -0.3 is 5.23 Å². The third kappa shape index (κ3) is 7.93. The highest BCUT2D eigenvalue weighted by Crippen LogP contribution is 2.07. The molecule has 0 fully saturated rings. The molecule has 0 bridgehead atoms. The van der Waals surface area contributed by atoms with Crippen molar-refractivity contribution in [3.05, 3.63) is 0 Å². The van der Waals surface area contributed by atoms with Crippen LogP contribution in [0.25, 0.3) is 0 Å². The third-order valence-electron chi connectivity index (χ3n) is 2.04. The zero-order valence-corrected chi connectivity index (χ0v) is 8.32. The fraction of sp³-hybridized carbons (Fsp3) is 1.00. The largest absolute Gasteiger partial charge is 0.359 e. The summed E-state index contributed by atoms with van der Waals surface area (Å²) in [5, 5.41) is 3.37. The number of unbranched alkanes of at least 4 members (excludes halogenated alkanes) is 2. The third-order valence-corrected chi connectivity index (χ3v) is 2.04. The van der Waals surface area contributed by atoms with E-state index in [1.54, 1.807) is 0 Å². The highest BCUT2D eigenvalue weighted by molar-refractivity contribution is 6.29. The van der Waals surface area contributed by atoms with Gasteiger partial charge in [-0.05, 0) is 18.9 Å². The van der Waals surface area contributed by atoms with Crippen LogP contribution in [0.2, 0.25) is 6.82 Å². The van der Waals surface area contributed by atoms with Crippen molar-refractivity contribution in [3.63, 3.8) is 0 Å². The molecular formula is C9H22BN. The summed E-state index contributed by atoms with van der Waals surface area (Å²) in [7, 11) is 1.11. The SMILES string of the molecule is CBNC[C@H](C)CCCCC. The Kier molecular flexibility index (Phi) is 8.14. The first kappa shape index (κ1) is 11.0. The maximum atomic E-state index is 3.37. The second-order valence-electron chi connectivity index (χ2n) is 3.41. The fourth-order valence-electron chi connectivity index (χ4n) is 1.24. The molecule has 0 heterocycles. The Balaban J connectivity index is 3.02. The van der Waals surface area contributed by atoms with Crippen LogP contribution < -0.4 is 5.23 Å². The van der Waals surface area contributed by atoms with E-state index in [9.17, 15) is 0 Å². The lowest BCUT2D eigenvalue weighted by Crippen LogP contribution is -2.22. The molecule has 0 saturated heterocycles. The second-order valence-corrected chi connectivity index (χ2v) is 3.41. The summed E-state index contributed by atoms with van der Waals surface area (Å²) in [4.78, 5) is 0. The van der Waals surface area contributed by atoms with E-state index in [1.165, 1.54) is 32.2 Å². The van der Waals surface area contributed by atoms with Crippen LogP contribution in [0.15, 0.2) is 0 Å². The van der Waals surface area contributed by atoms with Gasteiger partial charge in [-0.3, -0.25) is 0 Å². The van der Waals surface area contributed by atoms with Gasteiger partial charge in [0, 0.05) is 0 Å². The van der Waals surface area contributed by atoms with Crippen LogP contribution in [0.4, 0.5) is 0 Å². The van der Waals surface area contributed by atoms with Crippen LogP contribution in [-0.2, 0) is 0 Å². The minimum atomic E-state index is 0.862. The molecule has 0 aromatic rings. The molecule has 11 heavy (non-hydrogen) atoms. The van der Waals surface area contributed by atoms with Crippen molar-refractivity contribution < 1.29 is 0 Å². The molecule has 1 atom stereocenters. The molecule has 0 rings (SSSR count). The Labute approximate surface area is 72.2 Å². The van der Waals surface area contributed by atoms with Gasteiger partial charge in [-0.15, -0.1) is 0 Å². The average molecular weight is 155 g/mol. The summed E-state index contributed by atoms with van der Waals surface area (Å²) in [6.07, 6.45) is 5.54. The average Bonchev–Trinajstić information content (AvgIpc) is 2.01. The first-order valence-electron chi connectivity index (χ1n) is 5.02. The van der Waals surface area contributed by atoms with E-state index in [0.717, 1.165) is 13.3 Å². The number of nitrogens with one attached hydrogen (secondary N) is 1. The van der Waals surface area contributed by atoms with Crippen molar-refractivity contribution in [1.29, 1.82) is 0 Å². The fourth-order valence-corrected chi connectivity index (χ4v) is 1.24. The Morgan fingerprint density at radius 1 is 1.36 bits per heavy atom. The highest BCUT2D eigenvalue weighted by Gasteiger charge is 1.99. The van der Waals surface area contributed by atoms with Gasteiger partial charge in [-0.1, -0.05) is 39.9 Å². The molecule has 0 aliphatic heterocycles. The molecule has 0 aliphatic carbocycles. The molecule has 2 heteroatoms. The molecule has 0 aromatic heterocycles. The lowest BCUT2D eigenvalue weighted by atomic mass is 9.96. The van der Waals surface area contributed by atoms with Crippen LogP contribution >= 0.6 is 0 Å². The normalized spacial score (nSPS) is 13.0. The molecule has 66 valence electrons. The summed E-state index contributed by atoms with van der Waals surface area (Å²) in [5.74, 6) is 0.862. The van der Waals surface area contributed by atoms with Gasteiger partial charge in [0.15, 0.2) is 7.41 Å². The van der Waals surface area contributed by atoms with E-state index in [0.29, 0.717) is 0 Å². The zero-order chi connectivity index (χ0) is 8.53. The topological polar surface area (TPSA) is 12.0 Å². The van der Waals surface area contributed by atoms with Crippen molar-refractivity contribution in [3.8, 4) is 0 Å². The van der Waals surface area contributed by atoms with E-state index in [4.69, 9.17) is 0 Å². The van der Waals surface area contributed by atoms with Crippen molar-refractivity contribution >= 4 is 7.41 Å². The molecule has 1 nitrogen and oxygen atoms in total. The predicted molar refractivity (Wildman–Crippen MR) is 54.3 cm³/mol. The smallest absolute Gasteiger partial charge is 0.197 e. The Hall–Kier alpha value is 0.0249. The van der Waals surface area contributed by atoms with Crippen LogP contribution in [-0.4, -0.2) is 14.0 Å². The van der Waals surface area contributed by atoms with Gasteiger partial charge in [0.2, 0.25) is 0 Å². The Morgan fingerprint density at radius 3 is 2.64 bits per heavy atom. The van der Waals surface area contributed by atoms with Crippen molar-refractivity contribution in [1.82, 2.24) is 5.23 Å². The quantitative estimate of drug-likeness (QED) is 0.439. The highest BCUT2D eigenvalue weighted by atomic mass is 14.7. The van der Waals surface area contributed by atoms with E-state index in [2.05, 4.69) is 25.9 Å². The summed E-state index contributed by atoms with van der Waals surface area (Å²) in [6.45, 7) is 7.95. The van der Waals surface area contributed by atoms with Crippen molar-refractivity contribution in [2.75, 3.05) is 6.54 Å². The van der Waals surface area contributed by atoms with E-state index in [1.807, 2.05) is 0 Å². The van der Waals surface area contributed by atoms with E-state index >= 15 is 0 Å². The molecule has 0 amide bonds. The molecule has 0 aliphatic rings. The van der Waals surface area contributed by atoms with Crippen molar-refractivity contribution in [2.45, 2.75) is 46.4 Å². The summed E-state index contributed by atoms with van der Waals surface area (Å²) >= 11 is 0. The maximum Gasteiger partial charge on any atom is 0.197 e. The minimum Gasteiger partial charge on any atom is -0.359 e. The van der Waals surface area contributed by atoms with Gasteiger partial charge in [-0.25, -0.2) is 0 Å². The lowest BCUT2D eigenvalue weighted by molar-refractivity contribution is 0.491. The van der Waals surface area contributed by atoms with Crippen LogP contribution in [0.5, 0.6) is 0 Å². The van der Waals surface area contributed by atoms with Gasteiger partial charge in [0.05, 0.1) is 0 Å². The summed E-state index contributed by atoms with van der Waals surface area (Å²) in [6, 6.07) is 0.